The number of hydrogen-bond acceptors (Lipinski definition) is 2. The van der Waals surface area contributed by atoms with E-state index in [0.29, 0.717) is 6.61 Å². The Bertz CT molecular complexity index is 377. The molecule has 0 radical (unpaired) electrons. The van der Waals surface area contributed by atoms with Gasteiger partial charge in [-0.1, -0.05) is 33.8 Å². The first-order valence-electron chi connectivity index (χ1n) is 6.64. The molecule has 0 aliphatic heterocycles. The SMILES string of the molecule is CCNCCOc1ccc(C(C)(C)CC)cc1Br. The van der Waals surface area contributed by atoms with Gasteiger partial charge in [-0.15, -0.1) is 0 Å². The van der Waals surface area contributed by atoms with E-state index in [1.165, 1.54) is 5.56 Å². The van der Waals surface area contributed by atoms with Gasteiger partial charge in [-0.05, 0) is 52.0 Å². The molecule has 0 fully saturated rings. The molecule has 0 aromatic heterocycles. The van der Waals surface area contributed by atoms with Gasteiger partial charge in [-0.2, -0.15) is 0 Å². The van der Waals surface area contributed by atoms with Crippen molar-refractivity contribution in [1.29, 1.82) is 0 Å². The van der Waals surface area contributed by atoms with Gasteiger partial charge < -0.3 is 10.1 Å². The van der Waals surface area contributed by atoms with Crippen molar-refractivity contribution in [3.8, 4) is 5.75 Å². The molecule has 0 aliphatic rings. The fraction of sp³-hybridized carbons (Fsp3) is 0.600. The highest BCUT2D eigenvalue weighted by atomic mass is 79.9. The molecule has 0 spiro atoms. The summed E-state index contributed by atoms with van der Waals surface area (Å²) >= 11 is 3.59. The van der Waals surface area contributed by atoms with Gasteiger partial charge in [0.05, 0.1) is 4.47 Å². The van der Waals surface area contributed by atoms with Crippen molar-refractivity contribution in [1.82, 2.24) is 5.32 Å². The van der Waals surface area contributed by atoms with Crippen LogP contribution in [0.15, 0.2) is 22.7 Å². The average molecular weight is 314 g/mol. The Hall–Kier alpha value is -0.540. The molecule has 2 nitrogen and oxygen atoms in total. The zero-order chi connectivity index (χ0) is 13.6. The quantitative estimate of drug-likeness (QED) is 0.764. The summed E-state index contributed by atoms with van der Waals surface area (Å²) in [6.45, 7) is 11.4. The summed E-state index contributed by atoms with van der Waals surface area (Å²) in [4.78, 5) is 0. The summed E-state index contributed by atoms with van der Waals surface area (Å²) in [5.41, 5.74) is 1.56. The summed E-state index contributed by atoms with van der Waals surface area (Å²) < 4.78 is 6.77. The molecule has 1 rings (SSSR count). The second-order valence-electron chi connectivity index (χ2n) is 5.08. The highest BCUT2D eigenvalue weighted by molar-refractivity contribution is 9.10. The topological polar surface area (TPSA) is 21.3 Å². The molecule has 1 aromatic carbocycles. The van der Waals surface area contributed by atoms with E-state index >= 15 is 0 Å². The molecule has 3 heteroatoms. The van der Waals surface area contributed by atoms with E-state index in [-0.39, 0.29) is 5.41 Å². The lowest BCUT2D eigenvalue weighted by atomic mass is 9.82. The van der Waals surface area contributed by atoms with Crippen molar-refractivity contribution in [2.45, 2.75) is 39.5 Å². The second-order valence-corrected chi connectivity index (χ2v) is 5.94. The minimum absolute atomic E-state index is 0.213. The Morgan fingerprint density at radius 1 is 1.28 bits per heavy atom. The predicted molar refractivity (Wildman–Crippen MR) is 81.5 cm³/mol. The Morgan fingerprint density at radius 2 is 2.00 bits per heavy atom. The van der Waals surface area contributed by atoms with E-state index in [2.05, 4.69) is 67.1 Å². The van der Waals surface area contributed by atoms with Crippen LogP contribution in [0.5, 0.6) is 5.75 Å². The normalized spacial score (nSPS) is 11.6. The molecule has 0 unspecified atom stereocenters. The summed E-state index contributed by atoms with van der Waals surface area (Å²) in [6.07, 6.45) is 1.13. The van der Waals surface area contributed by atoms with Gasteiger partial charge in [0.15, 0.2) is 0 Å². The maximum atomic E-state index is 5.73. The Balaban J connectivity index is 2.68. The van der Waals surface area contributed by atoms with E-state index < -0.39 is 0 Å². The molecule has 102 valence electrons. The molecule has 0 amide bonds. The first-order chi connectivity index (χ1) is 8.51. The van der Waals surface area contributed by atoms with Crippen LogP contribution in [0, 0.1) is 0 Å². The van der Waals surface area contributed by atoms with Crippen LogP contribution in [0.2, 0.25) is 0 Å². The highest BCUT2D eigenvalue weighted by Crippen LogP contribution is 2.33. The van der Waals surface area contributed by atoms with Gasteiger partial charge in [-0.3, -0.25) is 0 Å². The molecule has 0 aliphatic carbocycles. The summed E-state index contributed by atoms with van der Waals surface area (Å²) in [7, 11) is 0. The van der Waals surface area contributed by atoms with Crippen LogP contribution >= 0.6 is 15.9 Å². The van der Waals surface area contributed by atoms with Gasteiger partial charge in [0.2, 0.25) is 0 Å². The molecular formula is C15H24BrNO. The predicted octanol–water partition coefficient (Wildman–Crippen LogP) is 4.13. The van der Waals surface area contributed by atoms with Crippen molar-refractivity contribution < 1.29 is 4.74 Å². The van der Waals surface area contributed by atoms with Gasteiger partial charge in [0.25, 0.3) is 0 Å². The van der Waals surface area contributed by atoms with Crippen LogP contribution in [-0.4, -0.2) is 19.7 Å². The minimum Gasteiger partial charge on any atom is -0.491 e. The summed E-state index contributed by atoms with van der Waals surface area (Å²) in [5.74, 6) is 0.920. The summed E-state index contributed by atoms with van der Waals surface area (Å²) in [5, 5.41) is 3.24. The molecule has 0 atom stereocenters. The van der Waals surface area contributed by atoms with E-state index in [0.717, 1.165) is 29.7 Å². The monoisotopic (exact) mass is 313 g/mol. The number of benzene rings is 1. The van der Waals surface area contributed by atoms with E-state index in [9.17, 15) is 0 Å². The van der Waals surface area contributed by atoms with Crippen molar-refractivity contribution in [2.24, 2.45) is 0 Å². The maximum Gasteiger partial charge on any atom is 0.133 e. The standard InChI is InChI=1S/C15H24BrNO/c1-5-15(3,4)12-7-8-14(13(16)11-12)18-10-9-17-6-2/h7-8,11,17H,5-6,9-10H2,1-4H3. The van der Waals surface area contributed by atoms with Crippen molar-refractivity contribution in [3.63, 3.8) is 0 Å². The second kappa shape index (κ2) is 7.15. The van der Waals surface area contributed by atoms with Crippen molar-refractivity contribution in [2.75, 3.05) is 19.7 Å². The van der Waals surface area contributed by atoms with Gasteiger partial charge >= 0.3 is 0 Å². The number of halogens is 1. The third kappa shape index (κ3) is 4.29. The lowest BCUT2D eigenvalue weighted by Crippen LogP contribution is -2.20. The molecule has 0 heterocycles. The van der Waals surface area contributed by atoms with Crippen LogP contribution < -0.4 is 10.1 Å². The van der Waals surface area contributed by atoms with Gasteiger partial charge in [-0.25, -0.2) is 0 Å². The van der Waals surface area contributed by atoms with E-state index in [1.54, 1.807) is 0 Å². The smallest absolute Gasteiger partial charge is 0.133 e. The first-order valence-corrected chi connectivity index (χ1v) is 7.44. The Labute approximate surface area is 119 Å². The Kier molecular flexibility index (Phi) is 6.16. The minimum atomic E-state index is 0.213. The third-order valence-corrected chi connectivity index (χ3v) is 4.00. The maximum absolute atomic E-state index is 5.73. The Morgan fingerprint density at radius 3 is 2.56 bits per heavy atom. The molecule has 0 saturated carbocycles. The number of likely N-dealkylation sites (N-methyl/N-ethyl adjacent to an activating group) is 1. The summed E-state index contributed by atoms with van der Waals surface area (Å²) in [6, 6.07) is 6.39. The molecule has 0 saturated heterocycles. The molecule has 18 heavy (non-hydrogen) atoms. The van der Waals surface area contributed by atoms with Crippen LogP contribution in [0.4, 0.5) is 0 Å². The first kappa shape index (κ1) is 15.5. The number of ether oxygens (including phenoxy) is 1. The molecule has 1 aromatic rings. The van der Waals surface area contributed by atoms with E-state index in [1.807, 2.05) is 0 Å². The van der Waals surface area contributed by atoms with Crippen LogP contribution in [0.25, 0.3) is 0 Å². The lowest BCUT2D eigenvalue weighted by molar-refractivity contribution is 0.313. The lowest BCUT2D eigenvalue weighted by Gasteiger charge is -2.24. The van der Waals surface area contributed by atoms with Crippen molar-refractivity contribution in [3.05, 3.63) is 28.2 Å². The fourth-order valence-electron chi connectivity index (χ4n) is 1.65. The van der Waals surface area contributed by atoms with E-state index in [4.69, 9.17) is 4.74 Å². The number of rotatable bonds is 7. The number of hydrogen-bond donors (Lipinski definition) is 1. The molecule has 0 bridgehead atoms. The van der Waals surface area contributed by atoms with Crippen LogP contribution in [-0.2, 0) is 5.41 Å². The van der Waals surface area contributed by atoms with Crippen molar-refractivity contribution >= 4 is 15.9 Å². The zero-order valence-electron chi connectivity index (χ0n) is 11.8. The zero-order valence-corrected chi connectivity index (χ0v) is 13.4. The van der Waals surface area contributed by atoms with Crippen LogP contribution in [0.3, 0.4) is 0 Å². The fourth-order valence-corrected chi connectivity index (χ4v) is 2.15. The third-order valence-electron chi connectivity index (χ3n) is 3.38. The molecular weight excluding hydrogens is 290 g/mol. The van der Waals surface area contributed by atoms with Gasteiger partial charge in [0, 0.05) is 6.54 Å². The molecule has 1 N–H and O–H groups in total. The highest BCUT2D eigenvalue weighted by Gasteiger charge is 2.18. The largest absolute Gasteiger partial charge is 0.491 e. The van der Waals surface area contributed by atoms with Gasteiger partial charge in [0.1, 0.15) is 12.4 Å². The number of nitrogens with one attached hydrogen (secondary N) is 1. The average Bonchev–Trinajstić information content (AvgIpc) is 2.36. The van der Waals surface area contributed by atoms with Crippen LogP contribution in [0.1, 0.15) is 39.7 Å².